The fourth-order valence-electron chi connectivity index (χ4n) is 0.336. The van der Waals surface area contributed by atoms with Crippen LogP contribution < -0.4 is 0 Å². The van der Waals surface area contributed by atoms with Gasteiger partial charge in [0, 0.05) is 5.57 Å². The lowest BCUT2D eigenvalue weighted by atomic mass is 10.4. The van der Waals surface area contributed by atoms with Crippen LogP contribution in [-0.2, 0) is 4.43 Å². The fourth-order valence-corrected chi connectivity index (χ4v) is 0.943. The van der Waals surface area contributed by atoms with Gasteiger partial charge in [0.15, 0.2) is 8.32 Å². The van der Waals surface area contributed by atoms with E-state index in [2.05, 4.69) is 26.2 Å². The highest BCUT2D eigenvalue weighted by atomic mass is 28.4. The van der Waals surface area contributed by atoms with E-state index in [9.17, 15) is 0 Å². The molecule has 0 saturated heterocycles. The number of rotatable bonds is 3. The normalized spacial score (nSPS) is 10.6. The van der Waals surface area contributed by atoms with Crippen LogP contribution in [0.15, 0.2) is 12.2 Å². The first-order chi connectivity index (χ1) is 4.45. The monoisotopic (exact) mass is 155 g/mol. The minimum Gasteiger partial charge on any atom is -0.413 e. The second-order valence-corrected chi connectivity index (χ2v) is 7.63. The van der Waals surface area contributed by atoms with Crippen LogP contribution in [0, 0.1) is 11.3 Å². The molecule has 0 aliphatic heterocycles. The molecule has 0 aliphatic rings. The molecule has 0 atom stereocenters. The number of nitrogens with zero attached hydrogens (tertiary/aromatic N) is 1. The largest absolute Gasteiger partial charge is 0.413 e. The second kappa shape index (κ2) is 3.54. The van der Waals surface area contributed by atoms with Crippen LogP contribution >= 0.6 is 0 Å². The Bertz CT molecular complexity index is 163. The van der Waals surface area contributed by atoms with Crippen molar-refractivity contribution in [2.24, 2.45) is 0 Å². The highest BCUT2D eigenvalue weighted by molar-refractivity contribution is 6.69. The topological polar surface area (TPSA) is 33.0 Å². The first-order valence-electron chi connectivity index (χ1n) is 3.17. The average Bonchev–Trinajstić information content (AvgIpc) is 1.81. The Hall–Kier alpha value is -0.593. The van der Waals surface area contributed by atoms with Crippen molar-refractivity contribution >= 4 is 8.32 Å². The van der Waals surface area contributed by atoms with E-state index in [-0.39, 0.29) is 0 Å². The molecule has 0 N–H and O–H groups in total. The zero-order valence-corrected chi connectivity index (χ0v) is 7.77. The Labute approximate surface area is 63.2 Å². The maximum Gasteiger partial charge on any atom is 0.184 e. The summed E-state index contributed by atoms with van der Waals surface area (Å²) in [7, 11) is -1.45. The second-order valence-electron chi connectivity index (χ2n) is 3.12. The summed E-state index contributed by atoms with van der Waals surface area (Å²) in [6.07, 6.45) is 0. The van der Waals surface area contributed by atoms with Gasteiger partial charge >= 0.3 is 0 Å². The molecule has 0 fully saturated rings. The van der Waals surface area contributed by atoms with Crippen LogP contribution in [-0.4, -0.2) is 14.9 Å². The van der Waals surface area contributed by atoms with Crippen molar-refractivity contribution in [2.45, 2.75) is 19.6 Å². The Morgan fingerprint density at radius 2 is 2.10 bits per heavy atom. The maximum absolute atomic E-state index is 8.32. The van der Waals surface area contributed by atoms with Gasteiger partial charge in [0.25, 0.3) is 0 Å². The van der Waals surface area contributed by atoms with Gasteiger partial charge in [-0.3, -0.25) is 0 Å². The number of hydrogen-bond donors (Lipinski definition) is 0. The van der Waals surface area contributed by atoms with Crippen LogP contribution in [0.5, 0.6) is 0 Å². The molecule has 3 heteroatoms. The molecule has 10 heavy (non-hydrogen) atoms. The van der Waals surface area contributed by atoms with Gasteiger partial charge in [-0.25, -0.2) is 0 Å². The third-order valence-electron chi connectivity index (χ3n) is 0.838. The molecule has 0 aliphatic carbocycles. The van der Waals surface area contributed by atoms with Gasteiger partial charge in [-0.1, -0.05) is 6.58 Å². The van der Waals surface area contributed by atoms with E-state index in [0.717, 1.165) is 0 Å². The van der Waals surface area contributed by atoms with Gasteiger partial charge in [-0.15, -0.1) is 0 Å². The molecule has 0 rings (SSSR count). The zero-order chi connectivity index (χ0) is 8.20. The van der Waals surface area contributed by atoms with Crippen LogP contribution in [0.25, 0.3) is 0 Å². The predicted octanol–water partition coefficient (Wildman–Crippen LogP) is 1.92. The molecule has 0 unspecified atom stereocenters. The molecule has 0 aromatic rings. The molecule has 0 saturated carbocycles. The van der Waals surface area contributed by atoms with Gasteiger partial charge < -0.3 is 4.43 Å². The quantitative estimate of drug-likeness (QED) is 0.461. The molecule has 0 heterocycles. The van der Waals surface area contributed by atoms with E-state index < -0.39 is 8.32 Å². The molecule has 0 aromatic carbocycles. The summed E-state index contributed by atoms with van der Waals surface area (Å²) < 4.78 is 5.40. The Balaban J connectivity index is 3.58. The van der Waals surface area contributed by atoms with Gasteiger partial charge in [0.2, 0.25) is 0 Å². The van der Waals surface area contributed by atoms with E-state index in [4.69, 9.17) is 9.69 Å². The summed E-state index contributed by atoms with van der Waals surface area (Å²) in [5, 5.41) is 8.32. The summed E-state index contributed by atoms with van der Waals surface area (Å²) in [5.74, 6) is 0. The first-order valence-corrected chi connectivity index (χ1v) is 6.58. The van der Waals surface area contributed by atoms with Crippen LogP contribution in [0.3, 0.4) is 0 Å². The van der Waals surface area contributed by atoms with Gasteiger partial charge in [-0.2, -0.15) is 5.26 Å². The van der Waals surface area contributed by atoms with Crippen LogP contribution in [0.4, 0.5) is 0 Å². The summed E-state index contributed by atoms with van der Waals surface area (Å²) in [6, 6.07) is 1.94. The molecule has 0 bridgehead atoms. The van der Waals surface area contributed by atoms with E-state index in [0.29, 0.717) is 12.2 Å². The van der Waals surface area contributed by atoms with Crippen molar-refractivity contribution < 1.29 is 4.43 Å². The van der Waals surface area contributed by atoms with Crippen molar-refractivity contribution in [2.75, 3.05) is 6.61 Å². The lowest BCUT2D eigenvalue weighted by molar-refractivity contribution is 0.351. The Morgan fingerprint density at radius 3 is 2.40 bits per heavy atom. The van der Waals surface area contributed by atoms with E-state index in [1.165, 1.54) is 0 Å². The summed E-state index contributed by atoms with van der Waals surface area (Å²) in [6.45, 7) is 10.2. The third kappa shape index (κ3) is 5.54. The Kier molecular flexibility index (Phi) is 3.33. The van der Waals surface area contributed by atoms with Crippen LogP contribution in [0.2, 0.25) is 19.6 Å². The lowest BCUT2D eigenvalue weighted by Gasteiger charge is -2.15. The smallest absolute Gasteiger partial charge is 0.184 e. The van der Waals surface area contributed by atoms with Crippen molar-refractivity contribution in [1.29, 1.82) is 5.26 Å². The predicted molar refractivity (Wildman–Crippen MR) is 44.1 cm³/mol. The molecule has 56 valence electrons. The van der Waals surface area contributed by atoms with Crippen molar-refractivity contribution in [3.05, 3.63) is 12.2 Å². The highest BCUT2D eigenvalue weighted by Gasteiger charge is 2.13. The molecule has 0 aromatic heterocycles. The van der Waals surface area contributed by atoms with Gasteiger partial charge in [-0.05, 0) is 19.6 Å². The lowest BCUT2D eigenvalue weighted by Crippen LogP contribution is -2.26. The number of hydrogen-bond acceptors (Lipinski definition) is 2. The standard InChI is InChI=1S/C7H13NOSi/c1-7(5-8)6-9-10(2,3)4/h1,6H2,2-4H3. The molecule has 0 spiro atoms. The highest BCUT2D eigenvalue weighted by Crippen LogP contribution is 2.03. The number of nitriles is 1. The molecular formula is C7H13NOSi. The molecule has 0 radical (unpaired) electrons. The van der Waals surface area contributed by atoms with Crippen molar-refractivity contribution in [1.82, 2.24) is 0 Å². The third-order valence-corrected chi connectivity index (χ3v) is 1.85. The average molecular weight is 155 g/mol. The molecule has 0 amide bonds. The summed E-state index contributed by atoms with van der Waals surface area (Å²) in [4.78, 5) is 0. The molecular weight excluding hydrogens is 142 g/mol. The fraction of sp³-hybridized carbons (Fsp3) is 0.571. The SMILES string of the molecule is C=C(C#N)CO[Si](C)(C)C. The molecule has 2 nitrogen and oxygen atoms in total. The van der Waals surface area contributed by atoms with E-state index in [1.807, 2.05) is 6.07 Å². The van der Waals surface area contributed by atoms with Crippen LogP contribution in [0.1, 0.15) is 0 Å². The minimum absolute atomic E-state index is 0.395. The zero-order valence-electron chi connectivity index (χ0n) is 6.77. The minimum atomic E-state index is -1.45. The van der Waals surface area contributed by atoms with E-state index >= 15 is 0 Å². The Morgan fingerprint density at radius 1 is 1.60 bits per heavy atom. The van der Waals surface area contributed by atoms with Crippen molar-refractivity contribution in [3.8, 4) is 6.07 Å². The first kappa shape index (κ1) is 9.41. The van der Waals surface area contributed by atoms with Gasteiger partial charge in [0.1, 0.15) is 0 Å². The van der Waals surface area contributed by atoms with Crippen molar-refractivity contribution in [3.63, 3.8) is 0 Å². The summed E-state index contributed by atoms with van der Waals surface area (Å²) >= 11 is 0. The summed E-state index contributed by atoms with van der Waals surface area (Å²) in [5.41, 5.74) is 0.502. The maximum atomic E-state index is 8.32. The van der Waals surface area contributed by atoms with Gasteiger partial charge in [0.05, 0.1) is 12.7 Å². The van der Waals surface area contributed by atoms with E-state index in [1.54, 1.807) is 0 Å².